The van der Waals surface area contributed by atoms with Crippen molar-refractivity contribution in [1.29, 1.82) is 0 Å². The second-order valence-electron chi connectivity index (χ2n) is 3.67. The van der Waals surface area contributed by atoms with Gasteiger partial charge in [0.15, 0.2) is 0 Å². The predicted octanol–water partition coefficient (Wildman–Crippen LogP) is 4.39. The van der Waals surface area contributed by atoms with Crippen LogP contribution < -0.4 is 4.74 Å². The molecular formula is C14H11Cl2O. The van der Waals surface area contributed by atoms with Gasteiger partial charge in [0.25, 0.3) is 0 Å². The van der Waals surface area contributed by atoms with Crippen LogP contribution in [0.3, 0.4) is 0 Å². The van der Waals surface area contributed by atoms with E-state index < -0.39 is 0 Å². The van der Waals surface area contributed by atoms with Crippen LogP contribution >= 0.6 is 23.2 Å². The molecule has 0 bridgehead atoms. The lowest BCUT2D eigenvalue weighted by Gasteiger charge is -2.08. The molecule has 2 aromatic carbocycles. The standard InChI is InChI=1S/C14H11Cl2O/c1-17-14-5-3-2-4-11(14)6-10-7-12(15)9-13(16)8-10/h2-5,7-8H,6H2,1H3. The van der Waals surface area contributed by atoms with E-state index >= 15 is 0 Å². The summed E-state index contributed by atoms with van der Waals surface area (Å²) in [6.45, 7) is 0. The summed E-state index contributed by atoms with van der Waals surface area (Å²) in [5.41, 5.74) is 2.15. The van der Waals surface area contributed by atoms with Gasteiger partial charge in [-0.05, 0) is 29.3 Å². The number of rotatable bonds is 3. The number of halogens is 2. The van der Waals surface area contributed by atoms with Gasteiger partial charge in [-0.1, -0.05) is 41.4 Å². The number of benzene rings is 2. The van der Waals surface area contributed by atoms with E-state index in [0.717, 1.165) is 23.3 Å². The summed E-state index contributed by atoms with van der Waals surface area (Å²) in [4.78, 5) is 0. The molecule has 0 aliphatic carbocycles. The first-order chi connectivity index (χ1) is 8.19. The van der Waals surface area contributed by atoms with Crippen molar-refractivity contribution >= 4 is 23.2 Å². The van der Waals surface area contributed by atoms with Crippen LogP contribution in [0, 0.1) is 6.07 Å². The lowest BCUT2D eigenvalue weighted by molar-refractivity contribution is 0.410. The summed E-state index contributed by atoms with van der Waals surface area (Å²) < 4.78 is 5.30. The van der Waals surface area contributed by atoms with Crippen molar-refractivity contribution in [2.24, 2.45) is 0 Å². The van der Waals surface area contributed by atoms with Gasteiger partial charge in [-0.15, -0.1) is 0 Å². The zero-order valence-electron chi connectivity index (χ0n) is 9.34. The molecule has 2 aromatic rings. The van der Waals surface area contributed by atoms with Crippen LogP contribution in [0.15, 0.2) is 36.4 Å². The van der Waals surface area contributed by atoms with Crippen LogP contribution in [-0.4, -0.2) is 7.11 Å². The van der Waals surface area contributed by atoms with Gasteiger partial charge in [0.05, 0.1) is 17.2 Å². The maximum atomic E-state index is 5.92. The summed E-state index contributed by atoms with van der Waals surface area (Å²) in [6.07, 6.45) is 0.734. The Morgan fingerprint density at radius 3 is 2.41 bits per heavy atom. The Morgan fingerprint density at radius 2 is 1.76 bits per heavy atom. The molecular weight excluding hydrogens is 255 g/mol. The number of hydrogen-bond donors (Lipinski definition) is 0. The summed E-state index contributed by atoms with van der Waals surface area (Å²) in [5, 5.41) is 1.06. The maximum Gasteiger partial charge on any atom is 0.122 e. The van der Waals surface area contributed by atoms with E-state index in [2.05, 4.69) is 6.07 Å². The molecule has 0 aliphatic heterocycles. The smallest absolute Gasteiger partial charge is 0.122 e. The lowest BCUT2D eigenvalue weighted by Crippen LogP contribution is -1.93. The molecule has 0 amide bonds. The molecule has 1 radical (unpaired) electrons. The van der Waals surface area contributed by atoms with Gasteiger partial charge in [-0.2, -0.15) is 0 Å². The van der Waals surface area contributed by atoms with Crippen LogP contribution in [0.25, 0.3) is 0 Å². The van der Waals surface area contributed by atoms with Crippen molar-refractivity contribution in [2.75, 3.05) is 7.11 Å². The lowest BCUT2D eigenvalue weighted by atomic mass is 10.0. The SMILES string of the molecule is COc1ccccc1Cc1cc(Cl)[c]c(Cl)c1. The first-order valence-corrected chi connectivity index (χ1v) is 5.94. The normalized spacial score (nSPS) is 10.3. The topological polar surface area (TPSA) is 9.23 Å². The van der Waals surface area contributed by atoms with Crippen LogP contribution in [0.1, 0.15) is 11.1 Å². The number of methoxy groups -OCH3 is 1. The molecule has 0 saturated carbocycles. The fourth-order valence-corrected chi connectivity index (χ4v) is 2.26. The third-order valence-corrected chi connectivity index (χ3v) is 2.86. The second-order valence-corrected chi connectivity index (χ2v) is 4.49. The highest BCUT2D eigenvalue weighted by atomic mass is 35.5. The number of hydrogen-bond acceptors (Lipinski definition) is 1. The zero-order chi connectivity index (χ0) is 12.3. The fraction of sp³-hybridized carbons (Fsp3) is 0.143. The molecule has 0 aliphatic rings. The van der Waals surface area contributed by atoms with Crippen molar-refractivity contribution in [3.05, 3.63) is 63.6 Å². The highest BCUT2D eigenvalue weighted by molar-refractivity contribution is 6.34. The Hall–Kier alpha value is -1.18. The van der Waals surface area contributed by atoms with E-state index in [0.29, 0.717) is 10.0 Å². The Balaban J connectivity index is 2.31. The van der Waals surface area contributed by atoms with Crippen LogP contribution in [0.5, 0.6) is 5.75 Å². The fourth-order valence-electron chi connectivity index (χ4n) is 1.72. The Morgan fingerprint density at radius 1 is 1.12 bits per heavy atom. The third-order valence-electron chi connectivity index (χ3n) is 2.45. The molecule has 0 spiro atoms. The number of ether oxygens (including phenoxy) is 1. The molecule has 1 nitrogen and oxygen atoms in total. The molecule has 87 valence electrons. The maximum absolute atomic E-state index is 5.92. The van der Waals surface area contributed by atoms with Crippen LogP contribution in [0.4, 0.5) is 0 Å². The molecule has 0 saturated heterocycles. The molecule has 3 heteroatoms. The third kappa shape index (κ3) is 3.15. The minimum absolute atomic E-state index is 0.530. The average molecular weight is 266 g/mol. The highest BCUT2D eigenvalue weighted by Crippen LogP contribution is 2.24. The summed E-state index contributed by atoms with van der Waals surface area (Å²) in [7, 11) is 1.66. The molecule has 0 atom stereocenters. The van der Waals surface area contributed by atoms with E-state index in [1.807, 2.05) is 36.4 Å². The monoisotopic (exact) mass is 265 g/mol. The Bertz CT molecular complexity index is 503. The van der Waals surface area contributed by atoms with E-state index in [4.69, 9.17) is 27.9 Å². The summed E-state index contributed by atoms with van der Waals surface area (Å²) >= 11 is 11.8. The van der Waals surface area contributed by atoms with Gasteiger partial charge in [-0.3, -0.25) is 0 Å². The van der Waals surface area contributed by atoms with Gasteiger partial charge in [0.1, 0.15) is 5.75 Å². The van der Waals surface area contributed by atoms with Gasteiger partial charge < -0.3 is 4.74 Å². The average Bonchev–Trinajstić information content (AvgIpc) is 2.28. The second kappa shape index (κ2) is 5.44. The minimum Gasteiger partial charge on any atom is -0.496 e. The molecule has 0 aromatic heterocycles. The first kappa shape index (κ1) is 12.3. The first-order valence-electron chi connectivity index (χ1n) is 5.18. The quantitative estimate of drug-likeness (QED) is 0.800. The van der Waals surface area contributed by atoms with Gasteiger partial charge >= 0.3 is 0 Å². The van der Waals surface area contributed by atoms with E-state index in [-0.39, 0.29) is 0 Å². The van der Waals surface area contributed by atoms with Crippen LogP contribution in [0.2, 0.25) is 10.0 Å². The van der Waals surface area contributed by atoms with Gasteiger partial charge in [0.2, 0.25) is 0 Å². The molecule has 0 heterocycles. The predicted molar refractivity (Wildman–Crippen MR) is 71.1 cm³/mol. The van der Waals surface area contributed by atoms with Crippen molar-refractivity contribution < 1.29 is 4.74 Å². The molecule has 2 rings (SSSR count). The summed E-state index contributed by atoms with van der Waals surface area (Å²) in [6, 6.07) is 14.4. The summed E-state index contributed by atoms with van der Waals surface area (Å²) in [5.74, 6) is 0.868. The highest BCUT2D eigenvalue weighted by Gasteiger charge is 2.05. The molecule has 0 N–H and O–H groups in total. The minimum atomic E-state index is 0.530. The molecule has 0 fully saturated rings. The van der Waals surface area contributed by atoms with Gasteiger partial charge in [-0.25, -0.2) is 0 Å². The van der Waals surface area contributed by atoms with E-state index in [1.54, 1.807) is 7.11 Å². The zero-order valence-corrected chi connectivity index (χ0v) is 10.8. The Labute approximate surface area is 111 Å². The van der Waals surface area contributed by atoms with Crippen LogP contribution in [-0.2, 0) is 6.42 Å². The number of para-hydroxylation sites is 1. The van der Waals surface area contributed by atoms with E-state index in [1.165, 1.54) is 0 Å². The molecule has 17 heavy (non-hydrogen) atoms. The van der Waals surface area contributed by atoms with Gasteiger partial charge in [0, 0.05) is 12.5 Å². The van der Waals surface area contributed by atoms with E-state index in [9.17, 15) is 0 Å². The van der Waals surface area contributed by atoms with Crippen molar-refractivity contribution in [3.63, 3.8) is 0 Å². The van der Waals surface area contributed by atoms with Crippen molar-refractivity contribution in [2.45, 2.75) is 6.42 Å². The largest absolute Gasteiger partial charge is 0.496 e. The molecule has 0 unspecified atom stereocenters. The Kier molecular flexibility index (Phi) is 3.93. The van der Waals surface area contributed by atoms with Crippen molar-refractivity contribution in [3.8, 4) is 5.75 Å². The van der Waals surface area contributed by atoms with Crippen molar-refractivity contribution in [1.82, 2.24) is 0 Å².